The fraction of sp³-hybridized carbons (Fsp3) is 0.300. The van der Waals surface area contributed by atoms with Crippen LogP contribution in [-0.4, -0.2) is 16.4 Å². The highest BCUT2D eigenvalue weighted by molar-refractivity contribution is 14.1. The fourth-order valence-electron chi connectivity index (χ4n) is 1.16. The lowest BCUT2D eigenvalue weighted by Crippen LogP contribution is -2.45. The largest absolute Gasteiger partial charge is 0.372 e. The van der Waals surface area contributed by atoms with Gasteiger partial charge in [0.25, 0.3) is 5.69 Å². The number of halogens is 1. The van der Waals surface area contributed by atoms with Gasteiger partial charge in [0.1, 0.15) is 5.54 Å². The predicted molar refractivity (Wildman–Crippen MR) is 72.7 cm³/mol. The second-order valence-corrected chi connectivity index (χ2v) is 5.20. The van der Waals surface area contributed by atoms with Crippen molar-refractivity contribution >= 4 is 39.9 Å². The Bertz CT molecular complexity index is 474. The lowest BCUT2D eigenvalue weighted by atomic mass is 10.0. The maximum atomic E-state index is 11.1. The number of nitrogens with two attached hydrogens (primary N) is 1. The number of hydrogen-bond acceptors (Lipinski definition) is 4. The highest BCUT2D eigenvalue weighted by Gasteiger charge is 2.25. The van der Waals surface area contributed by atoms with E-state index in [-0.39, 0.29) is 5.69 Å². The summed E-state index contributed by atoms with van der Waals surface area (Å²) in [4.78, 5) is 21.3. The van der Waals surface area contributed by atoms with E-state index in [9.17, 15) is 14.9 Å². The van der Waals surface area contributed by atoms with E-state index in [0.717, 1.165) is 0 Å². The Labute approximate surface area is 112 Å². The van der Waals surface area contributed by atoms with Crippen LogP contribution >= 0.6 is 22.6 Å². The molecule has 0 fully saturated rings. The maximum absolute atomic E-state index is 11.1. The summed E-state index contributed by atoms with van der Waals surface area (Å²) in [5, 5.41) is 13.6. The second kappa shape index (κ2) is 4.86. The molecule has 6 nitrogen and oxygen atoms in total. The van der Waals surface area contributed by atoms with Crippen molar-refractivity contribution in [2.75, 3.05) is 5.32 Å². The molecule has 92 valence electrons. The molecule has 17 heavy (non-hydrogen) atoms. The standard InChI is InChI=1S/C10H12IN3O3/c1-10(2,9(12)15)13-6-3-4-8(14(16)17)7(11)5-6/h3-5,13H,1-2H3,(H2,12,15). The maximum Gasteiger partial charge on any atom is 0.282 e. The van der Waals surface area contributed by atoms with Crippen LogP contribution in [0.25, 0.3) is 0 Å². The van der Waals surface area contributed by atoms with Gasteiger partial charge in [-0.1, -0.05) is 0 Å². The van der Waals surface area contributed by atoms with Crippen molar-refractivity contribution in [3.8, 4) is 0 Å². The van der Waals surface area contributed by atoms with Crippen molar-refractivity contribution in [1.29, 1.82) is 0 Å². The molecule has 0 bridgehead atoms. The Morgan fingerprint density at radius 1 is 1.53 bits per heavy atom. The van der Waals surface area contributed by atoms with Gasteiger partial charge in [-0.05, 0) is 48.6 Å². The third-order valence-corrected chi connectivity index (χ3v) is 3.08. The Morgan fingerprint density at radius 3 is 2.53 bits per heavy atom. The molecular weight excluding hydrogens is 337 g/mol. The van der Waals surface area contributed by atoms with Gasteiger partial charge >= 0.3 is 0 Å². The van der Waals surface area contributed by atoms with Crippen molar-refractivity contribution < 1.29 is 9.72 Å². The van der Waals surface area contributed by atoms with E-state index in [1.807, 2.05) is 22.6 Å². The molecule has 0 aliphatic rings. The highest BCUT2D eigenvalue weighted by atomic mass is 127. The molecule has 0 unspecified atom stereocenters. The molecule has 1 rings (SSSR count). The number of nitro groups is 1. The first kappa shape index (κ1) is 13.7. The molecule has 1 amide bonds. The second-order valence-electron chi connectivity index (χ2n) is 4.04. The average Bonchev–Trinajstić information content (AvgIpc) is 2.15. The first-order chi connectivity index (χ1) is 7.74. The Kier molecular flexibility index (Phi) is 3.91. The smallest absolute Gasteiger partial charge is 0.282 e. The lowest BCUT2D eigenvalue weighted by Gasteiger charge is -2.23. The van der Waals surface area contributed by atoms with Gasteiger partial charge < -0.3 is 11.1 Å². The van der Waals surface area contributed by atoms with Crippen molar-refractivity contribution in [3.63, 3.8) is 0 Å². The van der Waals surface area contributed by atoms with Gasteiger partial charge in [-0.25, -0.2) is 0 Å². The van der Waals surface area contributed by atoms with E-state index in [0.29, 0.717) is 9.26 Å². The molecule has 0 aliphatic carbocycles. The number of amides is 1. The van der Waals surface area contributed by atoms with Gasteiger partial charge in [-0.15, -0.1) is 0 Å². The molecular formula is C10H12IN3O3. The van der Waals surface area contributed by atoms with E-state index in [2.05, 4.69) is 5.32 Å². The number of hydrogen-bond donors (Lipinski definition) is 2. The summed E-state index contributed by atoms with van der Waals surface area (Å²) >= 11 is 1.87. The van der Waals surface area contributed by atoms with Crippen LogP contribution in [0.1, 0.15) is 13.8 Å². The number of nitro benzene ring substituents is 1. The first-order valence-corrected chi connectivity index (χ1v) is 5.84. The Balaban J connectivity index is 2.99. The Hall–Kier alpha value is -1.38. The summed E-state index contributed by atoms with van der Waals surface area (Å²) in [5.74, 6) is -0.495. The number of anilines is 1. The van der Waals surface area contributed by atoms with Crippen LogP contribution in [0.5, 0.6) is 0 Å². The number of rotatable bonds is 4. The molecule has 0 aromatic heterocycles. The van der Waals surface area contributed by atoms with E-state index in [1.165, 1.54) is 6.07 Å². The van der Waals surface area contributed by atoms with Crippen LogP contribution in [0.3, 0.4) is 0 Å². The van der Waals surface area contributed by atoms with Crippen LogP contribution < -0.4 is 11.1 Å². The van der Waals surface area contributed by atoms with E-state index in [1.54, 1.807) is 26.0 Å². The summed E-state index contributed by atoms with van der Waals surface area (Å²) < 4.78 is 0.498. The van der Waals surface area contributed by atoms with Crippen molar-refractivity contribution in [3.05, 3.63) is 31.9 Å². The number of nitrogens with one attached hydrogen (secondary N) is 1. The molecule has 1 aromatic carbocycles. The van der Waals surface area contributed by atoms with Crippen molar-refractivity contribution in [1.82, 2.24) is 0 Å². The van der Waals surface area contributed by atoms with Gasteiger partial charge in [-0.2, -0.15) is 0 Å². The molecule has 3 N–H and O–H groups in total. The number of benzene rings is 1. The van der Waals surface area contributed by atoms with Crippen LogP contribution in [0.15, 0.2) is 18.2 Å². The van der Waals surface area contributed by atoms with Crippen molar-refractivity contribution in [2.24, 2.45) is 5.73 Å². The topological polar surface area (TPSA) is 98.3 Å². The summed E-state index contributed by atoms with van der Waals surface area (Å²) in [6.07, 6.45) is 0. The SMILES string of the molecule is CC(C)(Nc1ccc([N+](=O)[O-])c(I)c1)C(N)=O. The molecule has 0 radical (unpaired) electrons. The zero-order valence-corrected chi connectivity index (χ0v) is 11.5. The highest BCUT2D eigenvalue weighted by Crippen LogP contribution is 2.25. The van der Waals surface area contributed by atoms with E-state index in [4.69, 9.17) is 5.73 Å². The normalized spacial score (nSPS) is 11.0. The average molecular weight is 349 g/mol. The summed E-state index contributed by atoms with van der Waals surface area (Å²) in [6, 6.07) is 4.54. The molecule has 0 atom stereocenters. The van der Waals surface area contributed by atoms with Gasteiger partial charge in [0.05, 0.1) is 8.49 Å². The molecule has 0 heterocycles. The van der Waals surface area contributed by atoms with Gasteiger partial charge in [0, 0.05) is 11.8 Å². The molecule has 1 aromatic rings. The van der Waals surface area contributed by atoms with Gasteiger partial charge in [0.15, 0.2) is 0 Å². The van der Waals surface area contributed by atoms with E-state index < -0.39 is 16.4 Å². The van der Waals surface area contributed by atoms with E-state index >= 15 is 0 Å². The fourth-order valence-corrected chi connectivity index (χ4v) is 1.87. The van der Waals surface area contributed by atoms with Gasteiger partial charge in [-0.3, -0.25) is 14.9 Å². The summed E-state index contributed by atoms with van der Waals surface area (Å²) in [7, 11) is 0. The zero-order valence-electron chi connectivity index (χ0n) is 9.36. The molecule has 0 aliphatic heterocycles. The quantitative estimate of drug-likeness (QED) is 0.493. The number of carbonyl (C=O) groups is 1. The monoisotopic (exact) mass is 349 g/mol. The first-order valence-electron chi connectivity index (χ1n) is 4.76. The Morgan fingerprint density at radius 2 is 2.12 bits per heavy atom. The third kappa shape index (κ3) is 3.29. The molecule has 0 saturated carbocycles. The van der Waals surface area contributed by atoms with Crippen LogP contribution in [0, 0.1) is 13.7 Å². The molecule has 0 saturated heterocycles. The molecule has 0 spiro atoms. The number of primary amides is 1. The van der Waals surface area contributed by atoms with Crippen molar-refractivity contribution in [2.45, 2.75) is 19.4 Å². The lowest BCUT2D eigenvalue weighted by molar-refractivity contribution is -0.385. The minimum absolute atomic E-state index is 0.0352. The van der Waals surface area contributed by atoms with Gasteiger partial charge in [0.2, 0.25) is 5.91 Å². The third-order valence-electron chi connectivity index (χ3n) is 2.22. The zero-order chi connectivity index (χ0) is 13.2. The minimum Gasteiger partial charge on any atom is -0.372 e. The number of nitrogens with zero attached hydrogens (tertiary/aromatic N) is 1. The van der Waals surface area contributed by atoms with Crippen LogP contribution in [0.2, 0.25) is 0 Å². The van der Waals surface area contributed by atoms with Crippen LogP contribution in [-0.2, 0) is 4.79 Å². The van der Waals surface area contributed by atoms with Crippen LogP contribution in [0.4, 0.5) is 11.4 Å². The predicted octanol–water partition coefficient (Wildman–Crippen LogP) is 1.88. The summed E-state index contributed by atoms with van der Waals surface area (Å²) in [5.41, 5.74) is 4.97. The number of carbonyl (C=O) groups excluding carboxylic acids is 1. The minimum atomic E-state index is -0.904. The summed E-state index contributed by atoms with van der Waals surface area (Å²) in [6.45, 7) is 3.28. The molecule has 7 heteroatoms.